The molecule has 2 amide bonds. The average Bonchev–Trinajstić information content (AvgIpc) is 2.45. The van der Waals surface area contributed by atoms with Crippen molar-refractivity contribution in [2.75, 3.05) is 5.32 Å². The highest BCUT2D eigenvalue weighted by Crippen LogP contribution is 2.25. The molecule has 1 fully saturated rings. The van der Waals surface area contributed by atoms with Crippen molar-refractivity contribution in [1.29, 1.82) is 0 Å². The van der Waals surface area contributed by atoms with Gasteiger partial charge in [-0.3, -0.25) is 9.59 Å². The SMILES string of the molecule is Cc1ccc(O)c(NC(=O)C(=O)NC2CCCCC2C)c1. The largest absolute Gasteiger partial charge is 0.506 e. The maximum Gasteiger partial charge on any atom is 0.313 e. The highest BCUT2D eigenvalue weighted by atomic mass is 16.3. The van der Waals surface area contributed by atoms with Gasteiger partial charge in [-0.1, -0.05) is 25.8 Å². The molecule has 5 nitrogen and oxygen atoms in total. The zero-order chi connectivity index (χ0) is 15.4. The molecule has 2 rings (SSSR count). The molecule has 1 aromatic rings. The summed E-state index contributed by atoms with van der Waals surface area (Å²) in [7, 11) is 0. The third kappa shape index (κ3) is 3.97. The standard InChI is InChI=1S/C16H22N2O3/c1-10-7-8-14(19)13(9-10)18-16(21)15(20)17-12-6-4-3-5-11(12)2/h7-9,11-12,19H,3-6H2,1-2H3,(H,17,20)(H,18,21). The van der Waals surface area contributed by atoms with E-state index in [2.05, 4.69) is 17.6 Å². The highest BCUT2D eigenvalue weighted by molar-refractivity contribution is 6.39. The smallest absolute Gasteiger partial charge is 0.313 e. The Hall–Kier alpha value is -2.04. The Labute approximate surface area is 124 Å². The summed E-state index contributed by atoms with van der Waals surface area (Å²) in [6.07, 6.45) is 4.24. The van der Waals surface area contributed by atoms with E-state index in [0.29, 0.717) is 5.92 Å². The van der Waals surface area contributed by atoms with Gasteiger partial charge >= 0.3 is 11.8 Å². The molecule has 0 aromatic heterocycles. The van der Waals surface area contributed by atoms with Crippen LogP contribution in [0.3, 0.4) is 0 Å². The molecular weight excluding hydrogens is 268 g/mol. The first-order chi connectivity index (χ1) is 9.97. The van der Waals surface area contributed by atoms with Crippen LogP contribution in [0.2, 0.25) is 0 Å². The Morgan fingerprint density at radius 3 is 2.62 bits per heavy atom. The third-order valence-electron chi connectivity index (χ3n) is 4.03. The van der Waals surface area contributed by atoms with Crippen molar-refractivity contribution in [3.8, 4) is 5.75 Å². The molecule has 0 heterocycles. The fraction of sp³-hybridized carbons (Fsp3) is 0.500. The second kappa shape index (κ2) is 6.61. The number of carbonyl (C=O) groups excluding carboxylic acids is 2. The molecule has 3 N–H and O–H groups in total. The van der Waals surface area contributed by atoms with E-state index >= 15 is 0 Å². The van der Waals surface area contributed by atoms with E-state index in [1.165, 1.54) is 12.5 Å². The van der Waals surface area contributed by atoms with Crippen molar-refractivity contribution in [3.63, 3.8) is 0 Å². The molecule has 0 radical (unpaired) electrons. The molecule has 21 heavy (non-hydrogen) atoms. The van der Waals surface area contributed by atoms with Crippen molar-refractivity contribution in [3.05, 3.63) is 23.8 Å². The minimum Gasteiger partial charge on any atom is -0.506 e. The van der Waals surface area contributed by atoms with Crippen LogP contribution >= 0.6 is 0 Å². The lowest BCUT2D eigenvalue weighted by Gasteiger charge is -2.29. The number of aromatic hydroxyl groups is 1. The van der Waals surface area contributed by atoms with E-state index < -0.39 is 11.8 Å². The van der Waals surface area contributed by atoms with Gasteiger partial charge in [0.2, 0.25) is 0 Å². The van der Waals surface area contributed by atoms with Gasteiger partial charge in [-0.25, -0.2) is 0 Å². The van der Waals surface area contributed by atoms with Gasteiger partial charge in [0, 0.05) is 6.04 Å². The molecule has 1 saturated carbocycles. The van der Waals surface area contributed by atoms with Crippen LogP contribution in [-0.4, -0.2) is 23.0 Å². The average molecular weight is 290 g/mol. The molecule has 1 aliphatic rings. The lowest BCUT2D eigenvalue weighted by Crippen LogP contribution is -2.45. The van der Waals surface area contributed by atoms with E-state index in [1.54, 1.807) is 12.1 Å². The van der Waals surface area contributed by atoms with Crippen molar-refractivity contribution in [2.45, 2.75) is 45.6 Å². The van der Waals surface area contributed by atoms with Gasteiger partial charge < -0.3 is 15.7 Å². The monoisotopic (exact) mass is 290 g/mol. The fourth-order valence-corrected chi connectivity index (χ4v) is 2.69. The van der Waals surface area contributed by atoms with Crippen LogP contribution in [0.5, 0.6) is 5.75 Å². The summed E-state index contributed by atoms with van der Waals surface area (Å²) in [5, 5.41) is 14.9. The zero-order valence-corrected chi connectivity index (χ0v) is 12.5. The number of carbonyl (C=O) groups is 2. The first-order valence-corrected chi connectivity index (χ1v) is 7.39. The number of phenols is 1. The van der Waals surface area contributed by atoms with E-state index in [0.717, 1.165) is 24.8 Å². The van der Waals surface area contributed by atoms with Crippen LogP contribution in [-0.2, 0) is 9.59 Å². The normalized spacial score (nSPS) is 21.6. The fourth-order valence-electron chi connectivity index (χ4n) is 2.69. The lowest BCUT2D eigenvalue weighted by atomic mass is 9.86. The minimum atomic E-state index is -0.742. The molecule has 2 unspecified atom stereocenters. The third-order valence-corrected chi connectivity index (χ3v) is 4.03. The topological polar surface area (TPSA) is 78.4 Å². The molecule has 0 spiro atoms. The maximum absolute atomic E-state index is 12.0. The summed E-state index contributed by atoms with van der Waals surface area (Å²) in [5.41, 5.74) is 1.15. The maximum atomic E-state index is 12.0. The van der Waals surface area contributed by atoms with Gasteiger partial charge in [0.1, 0.15) is 5.75 Å². The number of phenolic OH excluding ortho intramolecular Hbond substituents is 1. The summed E-state index contributed by atoms with van der Waals surface area (Å²) in [4.78, 5) is 23.9. The Kier molecular flexibility index (Phi) is 4.83. The summed E-state index contributed by atoms with van der Waals surface area (Å²) in [5.74, 6) is -1.04. The molecule has 1 aliphatic carbocycles. The molecular formula is C16H22N2O3. The number of benzene rings is 1. The zero-order valence-electron chi connectivity index (χ0n) is 12.5. The highest BCUT2D eigenvalue weighted by Gasteiger charge is 2.25. The van der Waals surface area contributed by atoms with E-state index in [4.69, 9.17) is 0 Å². The van der Waals surface area contributed by atoms with E-state index in [9.17, 15) is 14.7 Å². The number of rotatable bonds is 2. The summed E-state index contributed by atoms with van der Waals surface area (Å²) < 4.78 is 0. The Bertz CT molecular complexity index is 542. The van der Waals surface area contributed by atoms with E-state index in [-0.39, 0.29) is 17.5 Å². The first kappa shape index (κ1) is 15.4. The number of nitrogens with one attached hydrogen (secondary N) is 2. The van der Waals surface area contributed by atoms with Crippen molar-refractivity contribution < 1.29 is 14.7 Å². The lowest BCUT2D eigenvalue weighted by molar-refractivity contribution is -0.137. The Morgan fingerprint density at radius 2 is 1.90 bits per heavy atom. The van der Waals surface area contributed by atoms with Crippen molar-refractivity contribution in [1.82, 2.24) is 5.32 Å². The number of hydrogen-bond donors (Lipinski definition) is 3. The summed E-state index contributed by atoms with van der Waals surface area (Å²) in [6, 6.07) is 4.91. The van der Waals surface area contributed by atoms with Crippen molar-refractivity contribution >= 4 is 17.5 Å². The number of amides is 2. The Balaban J connectivity index is 1.96. The molecule has 5 heteroatoms. The van der Waals surface area contributed by atoms with Gasteiger partial charge in [-0.2, -0.15) is 0 Å². The summed E-state index contributed by atoms with van der Waals surface area (Å²) >= 11 is 0. The Morgan fingerprint density at radius 1 is 1.19 bits per heavy atom. The molecule has 1 aromatic carbocycles. The number of aryl methyl sites for hydroxylation is 1. The van der Waals surface area contributed by atoms with Crippen LogP contribution in [0.15, 0.2) is 18.2 Å². The van der Waals surface area contributed by atoms with Crippen LogP contribution in [0.1, 0.15) is 38.2 Å². The van der Waals surface area contributed by atoms with Gasteiger partial charge in [0.05, 0.1) is 5.69 Å². The van der Waals surface area contributed by atoms with Gasteiger partial charge in [0.25, 0.3) is 0 Å². The van der Waals surface area contributed by atoms with Crippen LogP contribution in [0, 0.1) is 12.8 Å². The molecule has 0 saturated heterocycles. The quantitative estimate of drug-likeness (QED) is 0.578. The van der Waals surface area contributed by atoms with Crippen LogP contribution in [0.25, 0.3) is 0 Å². The number of anilines is 1. The predicted molar refractivity (Wildman–Crippen MR) is 81.0 cm³/mol. The minimum absolute atomic E-state index is 0.0483. The van der Waals surface area contributed by atoms with Gasteiger partial charge in [-0.15, -0.1) is 0 Å². The van der Waals surface area contributed by atoms with Gasteiger partial charge in [0.15, 0.2) is 0 Å². The molecule has 0 bridgehead atoms. The molecule has 2 atom stereocenters. The first-order valence-electron chi connectivity index (χ1n) is 7.39. The van der Waals surface area contributed by atoms with Gasteiger partial charge in [-0.05, 0) is 43.4 Å². The summed E-state index contributed by atoms with van der Waals surface area (Å²) in [6.45, 7) is 3.94. The number of hydrogen-bond acceptors (Lipinski definition) is 3. The van der Waals surface area contributed by atoms with Crippen LogP contribution < -0.4 is 10.6 Å². The van der Waals surface area contributed by atoms with Crippen molar-refractivity contribution in [2.24, 2.45) is 5.92 Å². The van der Waals surface area contributed by atoms with Crippen LogP contribution in [0.4, 0.5) is 5.69 Å². The second-order valence-electron chi connectivity index (χ2n) is 5.82. The molecule has 0 aliphatic heterocycles. The predicted octanol–water partition coefficient (Wildman–Crippen LogP) is 2.33. The van der Waals surface area contributed by atoms with E-state index in [1.807, 2.05) is 6.92 Å². The second-order valence-corrected chi connectivity index (χ2v) is 5.82. The molecule has 114 valence electrons.